The van der Waals surface area contributed by atoms with Crippen LogP contribution in [0.15, 0.2) is 12.2 Å². The first-order valence-corrected chi connectivity index (χ1v) is 12.5. The van der Waals surface area contributed by atoms with Gasteiger partial charge in [-0.1, -0.05) is 83.3 Å². The first-order chi connectivity index (χ1) is 15.4. The molecule has 8 nitrogen and oxygen atoms in total. The quantitative estimate of drug-likeness (QED) is 0.132. The van der Waals surface area contributed by atoms with Crippen molar-refractivity contribution in [1.82, 2.24) is 0 Å². The topological polar surface area (TPSA) is 147 Å². The molecule has 0 spiro atoms. The van der Waals surface area contributed by atoms with Gasteiger partial charge in [-0.2, -0.15) is 0 Å². The van der Waals surface area contributed by atoms with E-state index in [0.717, 1.165) is 12.8 Å². The number of allylic oxidation sites excluding steroid dienone is 1. The van der Waals surface area contributed by atoms with E-state index in [2.05, 4.69) is 12.7 Å². The van der Waals surface area contributed by atoms with Crippen LogP contribution in [0.2, 0.25) is 0 Å². The van der Waals surface area contributed by atoms with E-state index in [1.54, 1.807) is 6.08 Å². The molecule has 0 saturated carbocycles. The molecule has 1 fully saturated rings. The Balaban J connectivity index is 2.10. The molecule has 0 aliphatic carbocycles. The normalized spacial score (nSPS) is 28.3. The van der Waals surface area contributed by atoms with Crippen LogP contribution in [-0.2, 0) is 9.47 Å². The van der Waals surface area contributed by atoms with Gasteiger partial charge >= 0.3 is 0 Å². The molecule has 0 amide bonds. The lowest BCUT2D eigenvalue weighted by Crippen LogP contribution is -2.69. The second-order valence-corrected chi connectivity index (χ2v) is 9.03. The van der Waals surface area contributed by atoms with E-state index in [1.807, 2.05) is 6.08 Å². The van der Waals surface area contributed by atoms with Crippen molar-refractivity contribution in [3.8, 4) is 0 Å². The highest BCUT2D eigenvalue weighted by molar-refractivity contribution is 4.92. The van der Waals surface area contributed by atoms with Gasteiger partial charge in [-0.25, -0.2) is 0 Å². The third-order valence-corrected chi connectivity index (χ3v) is 6.11. The van der Waals surface area contributed by atoms with Gasteiger partial charge < -0.3 is 40.7 Å². The van der Waals surface area contributed by atoms with Gasteiger partial charge in [-0.3, -0.25) is 0 Å². The number of ether oxygens (including phenoxy) is 2. The fraction of sp³-hybridized carbons (Fsp3) is 0.917. The van der Waals surface area contributed by atoms with Gasteiger partial charge in [0.25, 0.3) is 0 Å². The van der Waals surface area contributed by atoms with Crippen LogP contribution >= 0.6 is 0 Å². The average molecular weight is 463 g/mol. The maximum atomic E-state index is 10.2. The monoisotopic (exact) mass is 462 g/mol. The summed E-state index contributed by atoms with van der Waals surface area (Å²) < 4.78 is 10.7. The minimum atomic E-state index is -1.48. The summed E-state index contributed by atoms with van der Waals surface area (Å²) in [7, 11) is 0. The van der Waals surface area contributed by atoms with Crippen LogP contribution in [0.25, 0.3) is 0 Å². The Morgan fingerprint density at radius 2 is 1.44 bits per heavy atom. The molecule has 190 valence electrons. The van der Waals surface area contributed by atoms with Crippen LogP contribution < -0.4 is 5.73 Å². The molecule has 8 N–H and O–H groups in total. The highest BCUT2D eigenvalue weighted by Gasteiger charge is 2.44. The standard InChI is InChI=1S/C24H47NO7/c1-2-3-4-5-6-7-8-9-10-11-12-13-14-15-19(27)18(25)17-31-24-23(30)22(29)21(28)20(16-26)32-24/h14-15,18-24,26-30H,2-13,16-17,25H2,1H3/p+1/b15-14+/t18-,19+,20+,21-,22-,23+,24+/m0/s1. The van der Waals surface area contributed by atoms with Crippen LogP contribution in [0.4, 0.5) is 0 Å². The SMILES string of the molecule is CCCCCCCCCCCCC/C=C/[C@@H](O)[C@@H]([NH3+])CO[C@@H]1O[C@H](CO)[C@H](O)[C@H](O)[C@H]1O. The molecule has 0 aromatic heterocycles. The molecule has 1 heterocycles. The van der Waals surface area contributed by atoms with Gasteiger partial charge in [-0.05, 0) is 12.8 Å². The highest BCUT2D eigenvalue weighted by Crippen LogP contribution is 2.22. The molecule has 0 aromatic carbocycles. The number of aliphatic hydroxyl groups excluding tert-OH is 5. The summed E-state index contributed by atoms with van der Waals surface area (Å²) in [6.07, 6.45) is 11.5. The summed E-state index contributed by atoms with van der Waals surface area (Å²) in [4.78, 5) is 0. The van der Waals surface area contributed by atoms with Crippen molar-refractivity contribution in [1.29, 1.82) is 0 Å². The summed E-state index contributed by atoms with van der Waals surface area (Å²) in [6, 6.07) is -0.490. The molecular formula is C24H48NO7+. The van der Waals surface area contributed by atoms with E-state index in [9.17, 15) is 25.5 Å². The van der Waals surface area contributed by atoms with Crippen molar-refractivity contribution in [2.75, 3.05) is 13.2 Å². The van der Waals surface area contributed by atoms with Crippen molar-refractivity contribution in [3.05, 3.63) is 12.2 Å². The average Bonchev–Trinajstić information content (AvgIpc) is 2.79. The molecule has 0 aromatic rings. The van der Waals surface area contributed by atoms with E-state index >= 15 is 0 Å². The van der Waals surface area contributed by atoms with Gasteiger partial charge in [0.15, 0.2) is 6.29 Å². The second kappa shape index (κ2) is 17.8. The van der Waals surface area contributed by atoms with E-state index in [1.165, 1.54) is 64.2 Å². The number of hydrogen-bond donors (Lipinski definition) is 6. The Hall–Kier alpha value is -0.580. The molecule has 1 rings (SSSR count). The zero-order valence-electron chi connectivity index (χ0n) is 19.9. The lowest BCUT2D eigenvalue weighted by atomic mass is 9.99. The molecule has 0 radical (unpaired) electrons. The fourth-order valence-electron chi connectivity index (χ4n) is 3.84. The third-order valence-electron chi connectivity index (χ3n) is 6.11. The zero-order valence-corrected chi connectivity index (χ0v) is 19.9. The minimum absolute atomic E-state index is 0.00730. The third kappa shape index (κ3) is 11.5. The van der Waals surface area contributed by atoms with Gasteiger partial charge in [0.2, 0.25) is 0 Å². The van der Waals surface area contributed by atoms with Crippen LogP contribution in [0.3, 0.4) is 0 Å². The van der Waals surface area contributed by atoms with Crippen molar-refractivity contribution in [2.24, 2.45) is 0 Å². The van der Waals surface area contributed by atoms with Crippen LogP contribution in [-0.4, -0.2) is 81.6 Å². The molecule has 1 aliphatic heterocycles. The smallest absolute Gasteiger partial charge is 0.186 e. The van der Waals surface area contributed by atoms with Crippen LogP contribution in [0.5, 0.6) is 0 Å². The van der Waals surface area contributed by atoms with E-state index in [0.29, 0.717) is 0 Å². The highest BCUT2D eigenvalue weighted by atomic mass is 16.7. The van der Waals surface area contributed by atoms with Gasteiger partial charge in [0.1, 0.15) is 43.2 Å². The molecule has 1 aliphatic rings. The number of unbranched alkanes of at least 4 members (excludes halogenated alkanes) is 11. The first-order valence-electron chi connectivity index (χ1n) is 12.5. The van der Waals surface area contributed by atoms with E-state index < -0.39 is 49.5 Å². The fourth-order valence-corrected chi connectivity index (χ4v) is 3.84. The van der Waals surface area contributed by atoms with Crippen molar-refractivity contribution >= 4 is 0 Å². The molecule has 1 saturated heterocycles. The predicted octanol–water partition coefficient (Wildman–Crippen LogP) is 1.03. The van der Waals surface area contributed by atoms with Gasteiger partial charge in [0.05, 0.1) is 6.61 Å². The Morgan fingerprint density at radius 3 is 2.00 bits per heavy atom. The van der Waals surface area contributed by atoms with E-state index in [-0.39, 0.29) is 6.61 Å². The molecule has 0 unspecified atom stereocenters. The Morgan fingerprint density at radius 1 is 0.875 bits per heavy atom. The number of rotatable bonds is 18. The molecule has 32 heavy (non-hydrogen) atoms. The summed E-state index contributed by atoms with van der Waals surface area (Å²) in [5, 5.41) is 49.0. The first kappa shape index (κ1) is 29.5. The van der Waals surface area contributed by atoms with Crippen molar-refractivity contribution < 1.29 is 40.7 Å². The van der Waals surface area contributed by atoms with Crippen LogP contribution in [0, 0.1) is 0 Å². The van der Waals surface area contributed by atoms with Gasteiger partial charge in [0, 0.05) is 0 Å². The summed E-state index contributed by atoms with van der Waals surface area (Å²) >= 11 is 0. The number of hydrogen-bond acceptors (Lipinski definition) is 7. The molecule has 8 heteroatoms. The predicted molar refractivity (Wildman–Crippen MR) is 123 cm³/mol. The van der Waals surface area contributed by atoms with Gasteiger partial charge in [-0.15, -0.1) is 0 Å². The number of aliphatic hydroxyl groups is 5. The van der Waals surface area contributed by atoms with Crippen molar-refractivity contribution in [3.63, 3.8) is 0 Å². The number of quaternary nitrogens is 1. The van der Waals surface area contributed by atoms with Crippen molar-refractivity contribution in [2.45, 2.75) is 127 Å². The Kier molecular flexibility index (Phi) is 16.4. The minimum Gasteiger partial charge on any atom is -0.394 e. The Labute approximate surface area is 193 Å². The Bertz CT molecular complexity index is 477. The summed E-state index contributed by atoms with van der Waals surface area (Å²) in [6.45, 7) is 1.73. The molecule has 7 atom stereocenters. The lowest BCUT2D eigenvalue weighted by molar-refractivity contribution is -0.447. The maximum Gasteiger partial charge on any atom is 0.186 e. The summed E-state index contributed by atoms with van der Waals surface area (Å²) in [5.41, 5.74) is 3.88. The largest absolute Gasteiger partial charge is 0.394 e. The van der Waals surface area contributed by atoms with Crippen LogP contribution in [0.1, 0.15) is 84.0 Å². The molecular weight excluding hydrogens is 414 g/mol. The lowest BCUT2D eigenvalue weighted by Gasteiger charge is -2.39. The zero-order chi connectivity index (χ0) is 23.8. The molecule has 0 bridgehead atoms. The summed E-state index contributed by atoms with van der Waals surface area (Å²) in [5.74, 6) is 0. The van der Waals surface area contributed by atoms with E-state index in [4.69, 9.17) is 9.47 Å². The second-order valence-electron chi connectivity index (χ2n) is 9.03. The maximum absolute atomic E-state index is 10.2.